The second kappa shape index (κ2) is 11.1. The van der Waals surface area contributed by atoms with Gasteiger partial charge in [-0.05, 0) is 42.9 Å². The molecule has 3 N–H and O–H groups in total. The molecule has 1 aliphatic carbocycles. The standard InChI is InChI=1S/C21H30O6/c1-26-16-10-8-15(9-11-16)14-27-20-12-19(23)17(18(20)13-22)6-4-2-3-5-7-21(24)25/h2,4,8-11,17-20,22-23H,3,5-7,12-14H2,1H3,(H,24,25)/b4-2-/t17-,18-,19+,20-/m1/s1. The number of carbonyl (C=O) groups is 1. The molecular weight excluding hydrogens is 348 g/mol. The van der Waals surface area contributed by atoms with E-state index >= 15 is 0 Å². The smallest absolute Gasteiger partial charge is 0.303 e. The highest BCUT2D eigenvalue weighted by molar-refractivity contribution is 5.66. The summed E-state index contributed by atoms with van der Waals surface area (Å²) in [5, 5.41) is 28.8. The average molecular weight is 378 g/mol. The fourth-order valence-electron chi connectivity index (χ4n) is 3.59. The van der Waals surface area contributed by atoms with Crippen molar-refractivity contribution in [2.24, 2.45) is 11.8 Å². The summed E-state index contributed by atoms with van der Waals surface area (Å²) >= 11 is 0. The number of ether oxygens (including phenoxy) is 2. The predicted octanol–water partition coefficient (Wildman–Crippen LogP) is 2.77. The minimum absolute atomic E-state index is 0.0259. The van der Waals surface area contributed by atoms with Crippen LogP contribution in [-0.2, 0) is 16.1 Å². The number of unbranched alkanes of at least 4 members (excludes halogenated alkanes) is 1. The van der Waals surface area contributed by atoms with Gasteiger partial charge in [-0.25, -0.2) is 0 Å². The zero-order valence-corrected chi connectivity index (χ0v) is 15.8. The molecule has 0 unspecified atom stereocenters. The molecule has 0 amide bonds. The van der Waals surface area contributed by atoms with Gasteiger partial charge in [-0.15, -0.1) is 0 Å². The van der Waals surface area contributed by atoms with E-state index in [0.29, 0.717) is 32.3 Å². The lowest BCUT2D eigenvalue weighted by atomic mass is 9.91. The zero-order valence-electron chi connectivity index (χ0n) is 15.8. The summed E-state index contributed by atoms with van der Waals surface area (Å²) in [6, 6.07) is 7.64. The summed E-state index contributed by atoms with van der Waals surface area (Å²) in [4.78, 5) is 10.5. The Balaban J connectivity index is 1.82. The third-order valence-corrected chi connectivity index (χ3v) is 5.17. The molecule has 0 heterocycles. The first-order valence-electron chi connectivity index (χ1n) is 9.45. The zero-order chi connectivity index (χ0) is 19.6. The SMILES string of the molecule is COc1ccc(CO[C@@H]2C[C@H](O)[C@H](C/C=C\CCCC(=O)O)[C@H]2CO)cc1. The van der Waals surface area contributed by atoms with Crippen LogP contribution in [0.2, 0.25) is 0 Å². The molecule has 0 spiro atoms. The van der Waals surface area contributed by atoms with E-state index in [2.05, 4.69) is 0 Å². The quantitative estimate of drug-likeness (QED) is 0.405. The number of benzene rings is 1. The normalized spacial score (nSPS) is 25.1. The monoisotopic (exact) mass is 378 g/mol. The third kappa shape index (κ3) is 6.65. The molecule has 150 valence electrons. The molecule has 4 atom stereocenters. The van der Waals surface area contributed by atoms with E-state index in [1.165, 1.54) is 0 Å². The Bertz CT molecular complexity index is 597. The van der Waals surface area contributed by atoms with Gasteiger partial charge in [0.2, 0.25) is 0 Å². The number of carboxylic acid groups (broad SMARTS) is 1. The van der Waals surface area contributed by atoms with Crippen molar-refractivity contribution in [1.82, 2.24) is 0 Å². The summed E-state index contributed by atoms with van der Waals surface area (Å²) < 4.78 is 11.1. The Morgan fingerprint density at radius 1 is 1.22 bits per heavy atom. The van der Waals surface area contributed by atoms with E-state index in [1.807, 2.05) is 36.4 Å². The van der Waals surface area contributed by atoms with E-state index < -0.39 is 12.1 Å². The number of carboxylic acids is 1. The maximum absolute atomic E-state index is 10.5. The van der Waals surface area contributed by atoms with Gasteiger partial charge in [-0.1, -0.05) is 24.3 Å². The van der Waals surface area contributed by atoms with Gasteiger partial charge in [-0.2, -0.15) is 0 Å². The van der Waals surface area contributed by atoms with E-state index in [4.69, 9.17) is 14.6 Å². The van der Waals surface area contributed by atoms with Crippen molar-refractivity contribution in [2.75, 3.05) is 13.7 Å². The summed E-state index contributed by atoms with van der Waals surface area (Å²) in [6.45, 7) is 0.400. The van der Waals surface area contributed by atoms with Crippen LogP contribution in [0.5, 0.6) is 5.75 Å². The Morgan fingerprint density at radius 3 is 2.59 bits per heavy atom. The Labute approximate surface area is 160 Å². The second-order valence-corrected chi connectivity index (χ2v) is 7.00. The van der Waals surface area contributed by atoms with Crippen LogP contribution < -0.4 is 4.74 Å². The van der Waals surface area contributed by atoms with Crippen molar-refractivity contribution in [3.63, 3.8) is 0 Å². The van der Waals surface area contributed by atoms with E-state index in [-0.39, 0.29) is 31.0 Å². The van der Waals surface area contributed by atoms with Crippen LogP contribution in [0.25, 0.3) is 0 Å². The summed E-state index contributed by atoms with van der Waals surface area (Å²) in [5.74, 6) is -0.154. The number of hydrogen-bond acceptors (Lipinski definition) is 5. The molecule has 0 aliphatic heterocycles. The molecule has 0 radical (unpaired) electrons. The van der Waals surface area contributed by atoms with E-state index in [0.717, 1.165) is 11.3 Å². The first-order chi connectivity index (χ1) is 13.0. The van der Waals surface area contributed by atoms with Gasteiger partial charge in [0.15, 0.2) is 0 Å². The van der Waals surface area contributed by atoms with Crippen LogP contribution in [0.4, 0.5) is 0 Å². The van der Waals surface area contributed by atoms with Crippen LogP contribution in [0, 0.1) is 11.8 Å². The molecule has 0 aromatic heterocycles. The topological polar surface area (TPSA) is 96.2 Å². The van der Waals surface area contributed by atoms with Crippen LogP contribution in [-0.4, -0.2) is 47.2 Å². The number of aliphatic hydroxyl groups excluding tert-OH is 2. The lowest BCUT2D eigenvalue weighted by Gasteiger charge is -2.23. The van der Waals surface area contributed by atoms with Crippen molar-refractivity contribution >= 4 is 5.97 Å². The molecule has 1 saturated carbocycles. The molecule has 1 fully saturated rings. The number of methoxy groups -OCH3 is 1. The average Bonchev–Trinajstić information content (AvgIpc) is 2.97. The van der Waals surface area contributed by atoms with Gasteiger partial charge < -0.3 is 24.8 Å². The van der Waals surface area contributed by atoms with Gasteiger partial charge in [0, 0.05) is 25.4 Å². The summed E-state index contributed by atoms with van der Waals surface area (Å²) in [7, 11) is 1.62. The van der Waals surface area contributed by atoms with Crippen molar-refractivity contribution in [3.8, 4) is 5.75 Å². The molecule has 1 aromatic carbocycles. The maximum atomic E-state index is 10.5. The van der Waals surface area contributed by atoms with Crippen molar-refractivity contribution < 1.29 is 29.6 Å². The lowest BCUT2D eigenvalue weighted by Crippen LogP contribution is -2.26. The largest absolute Gasteiger partial charge is 0.497 e. The summed E-state index contributed by atoms with van der Waals surface area (Å²) in [6.07, 6.45) is 5.88. The minimum Gasteiger partial charge on any atom is -0.497 e. The van der Waals surface area contributed by atoms with Gasteiger partial charge in [0.25, 0.3) is 0 Å². The number of aliphatic carboxylic acids is 1. The maximum Gasteiger partial charge on any atom is 0.303 e. The highest BCUT2D eigenvalue weighted by Crippen LogP contribution is 2.37. The van der Waals surface area contributed by atoms with Gasteiger partial charge in [0.05, 0.1) is 25.9 Å². The van der Waals surface area contributed by atoms with Crippen molar-refractivity contribution in [3.05, 3.63) is 42.0 Å². The Hall–Kier alpha value is -1.89. The molecular formula is C21H30O6. The molecule has 0 bridgehead atoms. The first kappa shape index (κ1) is 21.4. The second-order valence-electron chi connectivity index (χ2n) is 7.00. The highest BCUT2D eigenvalue weighted by Gasteiger charge is 2.42. The van der Waals surface area contributed by atoms with Crippen LogP contribution in [0.1, 0.15) is 37.7 Å². The molecule has 27 heavy (non-hydrogen) atoms. The van der Waals surface area contributed by atoms with Gasteiger partial charge >= 0.3 is 5.97 Å². The Kier molecular flexibility index (Phi) is 8.78. The van der Waals surface area contributed by atoms with E-state index in [1.54, 1.807) is 7.11 Å². The van der Waals surface area contributed by atoms with Crippen LogP contribution >= 0.6 is 0 Å². The number of aliphatic hydroxyl groups is 2. The fraction of sp³-hybridized carbons (Fsp3) is 0.571. The van der Waals surface area contributed by atoms with E-state index in [9.17, 15) is 15.0 Å². The molecule has 6 heteroatoms. The van der Waals surface area contributed by atoms with Crippen LogP contribution in [0.15, 0.2) is 36.4 Å². The molecule has 1 aromatic rings. The molecule has 0 saturated heterocycles. The van der Waals surface area contributed by atoms with Gasteiger partial charge in [-0.3, -0.25) is 4.79 Å². The molecule has 2 rings (SSSR count). The summed E-state index contributed by atoms with van der Waals surface area (Å²) in [5.41, 5.74) is 1.02. The highest BCUT2D eigenvalue weighted by atomic mass is 16.5. The van der Waals surface area contributed by atoms with Crippen LogP contribution in [0.3, 0.4) is 0 Å². The van der Waals surface area contributed by atoms with Gasteiger partial charge in [0.1, 0.15) is 5.75 Å². The third-order valence-electron chi connectivity index (χ3n) is 5.17. The minimum atomic E-state index is -0.785. The molecule has 6 nitrogen and oxygen atoms in total. The Morgan fingerprint density at radius 2 is 1.96 bits per heavy atom. The first-order valence-corrected chi connectivity index (χ1v) is 9.45. The fourth-order valence-corrected chi connectivity index (χ4v) is 3.59. The predicted molar refractivity (Wildman–Crippen MR) is 102 cm³/mol. The number of allylic oxidation sites excluding steroid dienone is 2. The number of rotatable bonds is 11. The lowest BCUT2D eigenvalue weighted by molar-refractivity contribution is -0.137. The van der Waals surface area contributed by atoms with Crippen molar-refractivity contribution in [1.29, 1.82) is 0 Å². The number of hydrogen-bond donors (Lipinski definition) is 3. The molecule has 1 aliphatic rings. The van der Waals surface area contributed by atoms with Crippen molar-refractivity contribution in [2.45, 2.75) is 50.9 Å².